The van der Waals surface area contributed by atoms with Crippen LogP contribution in [0.2, 0.25) is 5.02 Å². The first-order valence-corrected chi connectivity index (χ1v) is 14.0. The zero-order valence-electron chi connectivity index (χ0n) is 21.9. The second-order valence-electron chi connectivity index (χ2n) is 9.99. The van der Waals surface area contributed by atoms with Crippen molar-refractivity contribution in [2.75, 3.05) is 46.3 Å². The van der Waals surface area contributed by atoms with Crippen LogP contribution in [0.25, 0.3) is 10.6 Å². The first-order chi connectivity index (χ1) is 17.8. The predicted octanol–water partition coefficient (Wildman–Crippen LogP) is 3.85. The third-order valence-electron chi connectivity index (χ3n) is 7.36. The van der Waals surface area contributed by atoms with Gasteiger partial charge < -0.3 is 15.1 Å². The van der Waals surface area contributed by atoms with Gasteiger partial charge >= 0.3 is 0 Å². The Kier molecular flexibility index (Phi) is 7.76. The Morgan fingerprint density at radius 2 is 1.86 bits per heavy atom. The van der Waals surface area contributed by atoms with Gasteiger partial charge in [-0.15, -0.1) is 16.4 Å². The molecule has 0 unspecified atom stereocenters. The number of nitrogens with one attached hydrogen (secondary N) is 1. The standard InChI is InChI=1S/C27H34ClN7OS/c1-17-18(2)37-27-23(17)24(19-6-8-20(28)9-7-19)30-21(25-26(27)34(4)32-31-25)16-22(36)29-10-5-11-35-14-12-33(3)13-15-35/h6-9,21H,5,10-16H2,1-4H3,(H,29,36)/t21-/m0/s1. The Labute approximate surface area is 227 Å². The molecule has 1 saturated heterocycles. The van der Waals surface area contributed by atoms with Gasteiger partial charge in [-0.1, -0.05) is 28.9 Å². The molecule has 8 nitrogen and oxygen atoms in total. The first-order valence-electron chi connectivity index (χ1n) is 12.8. The van der Waals surface area contributed by atoms with Crippen molar-refractivity contribution in [1.29, 1.82) is 0 Å². The molecule has 0 spiro atoms. The lowest BCUT2D eigenvalue weighted by Crippen LogP contribution is -2.45. The van der Waals surface area contributed by atoms with Gasteiger partial charge in [0, 0.05) is 60.8 Å². The molecule has 1 amide bonds. The summed E-state index contributed by atoms with van der Waals surface area (Å²) in [6.07, 6.45) is 1.16. The SMILES string of the molecule is Cc1sc2c(c1C)C(c1ccc(Cl)cc1)=N[C@@H](CC(=O)NCCCN1CCN(C)CC1)c1nnn(C)c1-2. The van der Waals surface area contributed by atoms with E-state index in [0.29, 0.717) is 11.6 Å². The molecular formula is C27H34ClN7OS. The van der Waals surface area contributed by atoms with Crippen molar-refractivity contribution in [1.82, 2.24) is 30.1 Å². The number of piperazine rings is 1. The van der Waals surface area contributed by atoms with Crippen LogP contribution in [0.1, 0.15) is 46.1 Å². The summed E-state index contributed by atoms with van der Waals surface area (Å²) in [7, 11) is 4.07. The number of nitrogens with zero attached hydrogens (tertiary/aromatic N) is 6. The molecule has 1 N–H and O–H groups in total. The summed E-state index contributed by atoms with van der Waals surface area (Å²) >= 11 is 7.92. The fourth-order valence-electron chi connectivity index (χ4n) is 5.04. The quantitative estimate of drug-likeness (QED) is 0.461. The minimum Gasteiger partial charge on any atom is -0.356 e. The molecule has 1 atom stereocenters. The summed E-state index contributed by atoms with van der Waals surface area (Å²) in [5, 5.41) is 12.6. The Morgan fingerprint density at radius 3 is 2.59 bits per heavy atom. The summed E-state index contributed by atoms with van der Waals surface area (Å²) in [5.74, 6) is -0.0163. The van der Waals surface area contributed by atoms with Gasteiger partial charge in [0.2, 0.25) is 5.91 Å². The Balaban J connectivity index is 1.37. The summed E-state index contributed by atoms with van der Waals surface area (Å²) < 4.78 is 1.81. The lowest BCUT2D eigenvalue weighted by molar-refractivity contribution is -0.121. The van der Waals surface area contributed by atoms with Gasteiger partial charge in [0.1, 0.15) is 17.4 Å². The number of fused-ring (bicyclic) bond motifs is 3. The summed E-state index contributed by atoms with van der Waals surface area (Å²) in [4.78, 5) is 25.4. The smallest absolute Gasteiger partial charge is 0.222 e. The number of aryl methyl sites for hydroxylation is 2. The molecule has 10 heteroatoms. The maximum atomic E-state index is 13.1. The van der Waals surface area contributed by atoms with E-state index in [9.17, 15) is 4.79 Å². The van der Waals surface area contributed by atoms with E-state index >= 15 is 0 Å². The van der Waals surface area contributed by atoms with Crippen molar-refractivity contribution >= 4 is 34.6 Å². The molecule has 1 fully saturated rings. The second-order valence-corrected chi connectivity index (χ2v) is 11.6. The number of halogens is 1. The normalized spacial score (nSPS) is 18.2. The van der Waals surface area contributed by atoms with Crippen molar-refractivity contribution in [2.24, 2.45) is 12.0 Å². The number of likely N-dealkylation sites (N-methyl/N-ethyl adjacent to an activating group) is 1. The molecule has 0 bridgehead atoms. The summed E-state index contributed by atoms with van der Waals surface area (Å²) in [5.41, 5.74) is 5.82. The third-order valence-corrected chi connectivity index (χ3v) is 8.82. The maximum absolute atomic E-state index is 13.1. The van der Waals surface area contributed by atoms with E-state index in [2.05, 4.69) is 46.3 Å². The van der Waals surface area contributed by atoms with Gasteiger partial charge in [0.05, 0.1) is 17.0 Å². The Bertz CT molecular complexity index is 1310. The monoisotopic (exact) mass is 539 g/mol. The van der Waals surface area contributed by atoms with E-state index in [4.69, 9.17) is 16.6 Å². The topological polar surface area (TPSA) is 78.7 Å². The predicted molar refractivity (Wildman–Crippen MR) is 150 cm³/mol. The Hall–Kier alpha value is -2.59. The number of rotatable bonds is 7. The van der Waals surface area contributed by atoms with Crippen LogP contribution in [0.3, 0.4) is 0 Å². The van der Waals surface area contributed by atoms with Gasteiger partial charge in [0.15, 0.2) is 0 Å². The van der Waals surface area contributed by atoms with Crippen LogP contribution in [0.5, 0.6) is 0 Å². The number of aromatic nitrogens is 3. The highest BCUT2D eigenvalue weighted by molar-refractivity contribution is 7.16. The van der Waals surface area contributed by atoms with E-state index < -0.39 is 6.04 Å². The summed E-state index contributed by atoms with van der Waals surface area (Å²) in [6, 6.07) is 7.33. The fourth-order valence-corrected chi connectivity index (χ4v) is 6.41. The molecule has 3 aromatic rings. The maximum Gasteiger partial charge on any atom is 0.222 e. The highest BCUT2D eigenvalue weighted by atomic mass is 35.5. The van der Waals surface area contributed by atoms with Gasteiger partial charge in [-0.2, -0.15) is 0 Å². The zero-order chi connectivity index (χ0) is 26.1. The number of carbonyl (C=O) groups excluding carboxylic acids is 1. The van der Waals surface area contributed by atoms with Crippen LogP contribution in [0, 0.1) is 13.8 Å². The van der Waals surface area contributed by atoms with Crippen LogP contribution in [0.4, 0.5) is 0 Å². The minimum absolute atomic E-state index is 0.0163. The van der Waals surface area contributed by atoms with E-state index in [1.165, 1.54) is 10.4 Å². The highest BCUT2D eigenvalue weighted by Gasteiger charge is 2.33. The number of amides is 1. The zero-order valence-corrected chi connectivity index (χ0v) is 23.5. The lowest BCUT2D eigenvalue weighted by Gasteiger charge is -2.32. The van der Waals surface area contributed by atoms with Crippen LogP contribution in [0.15, 0.2) is 29.3 Å². The van der Waals surface area contributed by atoms with Crippen LogP contribution < -0.4 is 5.32 Å². The molecule has 0 aliphatic carbocycles. The average Bonchev–Trinajstić information content (AvgIpc) is 3.35. The fraction of sp³-hybridized carbons (Fsp3) is 0.481. The van der Waals surface area contributed by atoms with E-state index in [0.717, 1.165) is 72.2 Å². The van der Waals surface area contributed by atoms with Crippen molar-refractivity contribution in [2.45, 2.75) is 32.7 Å². The van der Waals surface area contributed by atoms with Crippen LogP contribution in [-0.2, 0) is 11.8 Å². The molecule has 0 radical (unpaired) electrons. The van der Waals surface area contributed by atoms with E-state index in [1.807, 2.05) is 36.0 Å². The second kappa shape index (κ2) is 11.0. The molecule has 0 saturated carbocycles. The first kappa shape index (κ1) is 26.0. The number of thiophene rings is 1. The molecular weight excluding hydrogens is 506 g/mol. The van der Waals surface area contributed by atoms with Crippen LogP contribution >= 0.6 is 22.9 Å². The third kappa shape index (κ3) is 5.50. The molecule has 1 aromatic carbocycles. The largest absolute Gasteiger partial charge is 0.356 e. The number of hydrogen-bond acceptors (Lipinski definition) is 7. The van der Waals surface area contributed by atoms with Crippen molar-refractivity contribution in [3.63, 3.8) is 0 Å². The van der Waals surface area contributed by atoms with Gasteiger partial charge in [-0.05, 0) is 51.6 Å². The van der Waals surface area contributed by atoms with Gasteiger partial charge in [0.25, 0.3) is 0 Å². The molecule has 196 valence electrons. The van der Waals surface area contributed by atoms with Crippen molar-refractivity contribution in [3.05, 3.63) is 56.5 Å². The van der Waals surface area contributed by atoms with E-state index in [-0.39, 0.29) is 12.3 Å². The van der Waals surface area contributed by atoms with Gasteiger partial charge in [-0.25, -0.2) is 4.68 Å². The molecule has 2 aliphatic rings. The van der Waals surface area contributed by atoms with E-state index in [1.54, 1.807) is 11.3 Å². The lowest BCUT2D eigenvalue weighted by atomic mass is 9.98. The molecule has 2 aromatic heterocycles. The number of aliphatic imine (C=N–C) groups is 1. The Morgan fingerprint density at radius 1 is 1.14 bits per heavy atom. The summed E-state index contributed by atoms with van der Waals surface area (Å²) in [6.45, 7) is 10.3. The molecule has 2 aliphatic heterocycles. The van der Waals surface area contributed by atoms with Gasteiger partial charge in [-0.3, -0.25) is 9.79 Å². The number of benzene rings is 1. The van der Waals surface area contributed by atoms with Crippen molar-refractivity contribution in [3.8, 4) is 10.6 Å². The average molecular weight is 540 g/mol. The minimum atomic E-state index is -0.425. The number of carbonyl (C=O) groups is 1. The molecule has 5 rings (SSSR count). The highest BCUT2D eigenvalue weighted by Crippen LogP contribution is 2.43. The number of hydrogen-bond donors (Lipinski definition) is 1. The van der Waals surface area contributed by atoms with Crippen LogP contribution in [-0.4, -0.2) is 82.7 Å². The van der Waals surface area contributed by atoms with Crippen molar-refractivity contribution < 1.29 is 4.79 Å². The molecule has 4 heterocycles. The molecule has 37 heavy (non-hydrogen) atoms.